The lowest BCUT2D eigenvalue weighted by atomic mass is 10.1. The number of rotatable bonds is 4. The number of hydrogen-bond acceptors (Lipinski definition) is 3. The van der Waals surface area contributed by atoms with E-state index < -0.39 is 17.9 Å². The summed E-state index contributed by atoms with van der Waals surface area (Å²) in [5.74, 6) is -1.63. The molecule has 5 heteroatoms. The van der Waals surface area contributed by atoms with Gasteiger partial charge in [0.15, 0.2) is 0 Å². The quantitative estimate of drug-likeness (QED) is 0.487. The summed E-state index contributed by atoms with van der Waals surface area (Å²) >= 11 is 3.16. The fourth-order valence-corrected chi connectivity index (χ4v) is 2.00. The second-order valence-corrected chi connectivity index (χ2v) is 4.26. The van der Waals surface area contributed by atoms with Crippen molar-refractivity contribution in [1.29, 1.82) is 0 Å². The first-order valence-electron chi connectivity index (χ1n) is 5.12. The highest BCUT2D eigenvalue weighted by Gasteiger charge is 2.19. The Kier molecular flexibility index (Phi) is 4.81. The van der Waals surface area contributed by atoms with Crippen molar-refractivity contribution >= 4 is 27.7 Å². The molecule has 0 fully saturated rings. The lowest BCUT2D eigenvalue weighted by Crippen LogP contribution is -2.17. The lowest BCUT2D eigenvalue weighted by Gasteiger charge is -2.07. The molecule has 0 aliphatic rings. The highest BCUT2D eigenvalue weighted by atomic mass is 79.9. The van der Waals surface area contributed by atoms with Gasteiger partial charge in [0.1, 0.15) is 6.17 Å². The fourth-order valence-electron chi connectivity index (χ4n) is 1.31. The molecule has 0 radical (unpaired) electrons. The third-order valence-electron chi connectivity index (χ3n) is 2.15. The number of Topliss-reactive ketones (excluding diaryl/α,β-unsaturated/α-hetero) is 1. The fraction of sp³-hybridized carbons (Fsp3) is 0.333. The standard InChI is InChI=1S/C12H12BrFO3/c1-3-17-12(16)11(15)8-4-5-9(7(2)14)10(13)6-8/h4-7H,3H2,1-2H3. The van der Waals surface area contributed by atoms with Crippen LogP contribution in [0.4, 0.5) is 4.39 Å². The number of benzene rings is 1. The van der Waals surface area contributed by atoms with Crippen LogP contribution in [-0.4, -0.2) is 18.4 Å². The first kappa shape index (κ1) is 13.8. The van der Waals surface area contributed by atoms with E-state index in [0.29, 0.717) is 10.0 Å². The second kappa shape index (κ2) is 5.91. The molecule has 0 amide bonds. The van der Waals surface area contributed by atoms with Crippen molar-refractivity contribution in [2.24, 2.45) is 0 Å². The van der Waals surface area contributed by atoms with Crippen molar-refractivity contribution in [3.05, 3.63) is 33.8 Å². The zero-order valence-electron chi connectivity index (χ0n) is 9.50. The Morgan fingerprint density at radius 2 is 2.12 bits per heavy atom. The van der Waals surface area contributed by atoms with Crippen molar-refractivity contribution in [3.63, 3.8) is 0 Å². The highest BCUT2D eigenvalue weighted by Crippen LogP contribution is 2.26. The number of alkyl halides is 1. The Labute approximate surface area is 107 Å². The lowest BCUT2D eigenvalue weighted by molar-refractivity contribution is -0.137. The van der Waals surface area contributed by atoms with E-state index in [4.69, 9.17) is 0 Å². The van der Waals surface area contributed by atoms with Gasteiger partial charge in [0, 0.05) is 10.0 Å². The van der Waals surface area contributed by atoms with Crippen molar-refractivity contribution in [2.75, 3.05) is 6.61 Å². The van der Waals surface area contributed by atoms with Gasteiger partial charge < -0.3 is 4.74 Å². The second-order valence-electron chi connectivity index (χ2n) is 3.40. The smallest absolute Gasteiger partial charge is 0.379 e. The van der Waals surface area contributed by atoms with Gasteiger partial charge in [-0.15, -0.1) is 0 Å². The summed E-state index contributed by atoms with van der Waals surface area (Å²) in [6.45, 7) is 3.16. The van der Waals surface area contributed by atoms with Crippen LogP contribution in [0.25, 0.3) is 0 Å². The van der Waals surface area contributed by atoms with Crippen LogP contribution >= 0.6 is 15.9 Å². The monoisotopic (exact) mass is 302 g/mol. The Hall–Kier alpha value is -1.23. The molecule has 0 heterocycles. The molecular formula is C12H12BrFO3. The number of halogens is 2. The average Bonchev–Trinajstić information content (AvgIpc) is 2.27. The van der Waals surface area contributed by atoms with E-state index in [9.17, 15) is 14.0 Å². The van der Waals surface area contributed by atoms with Crippen molar-refractivity contribution in [1.82, 2.24) is 0 Å². The third-order valence-corrected chi connectivity index (χ3v) is 2.84. The molecule has 1 atom stereocenters. The minimum Gasteiger partial charge on any atom is -0.460 e. The van der Waals surface area contributed by atoms with Gasteiger partial charge >= 0.3 is 5.97 Å². The van der Waals surface area contributed by atoms with E-state index >= 15 is 0 Å². The molecule has 0 saturated heterocycles. The van der Waals surface area contributed by atoms with Gasteiger partial charge in [-0.05, 0) is 25.5 Å². The molecule has 0 bridgehead atoms. The summed E-state index contributed by atoms with van der Waals surface area (Å²) in [5, 5.41) is 0. The summed E-state index contributed by atoms with van der Waals surface area (Å²) in [6.07, 6.45) is -1.14. The molecule has 3 nitrogen and oxygen atoms in total. The van der Waals surface area contributed by atoms with E-state index in [0.717, 1.165) is 0 Å². The zero-order valence-corrected chi connectivity index (χ0v) is 11.1. The summed E-state index contributed by atoms with van der Waals surface area (Å²) in [5.41, 5.74) is 0.616. The van der Waals surface area contributed by atoms with Crippen LogP contribution in [0.1, 0.15) is 35.9 Å². The number of carbonyl (C=O) groups excluding carboxylic acids is 2. The zero-order chi connectivity index (χ0) is 13.0. The molecule has 17 heavy (non-hydrogen) atoms. The van der Waals surface area contributed by atoms with Gasteiger partial charge in [0.25, 0.3) is 5.78 Å². The molecule has 0 aliphatic carbocycles. The normalized spacial score (nSPS) is 12.0. The maximum absolute atomic E-state index is 13.1. The van der Waals surface area contributed by atoms with Crippen LogP contribution in [0, 0.1) is 0 Å². The topological polar surface area (TPSA) is 43.4 Å². The maximum atomic E-state index is 13.1. The minimum atomic E-state index is -1.14. The Morgan fingerprint density at radius 3 is 2.59 bits per heavy atom. The Balaban J connectivity index is 2.98. The van der Waals surface area contributed by atoms with Crippen molar-refractivity contribution < 1.29 is 18.7 Å². The molecule has 92 valence electrons. The van der Waals surface area contributed by atoms with Crippen LogP contribution in [0.2, 0.25) is 0 Å². The SMILES string of the molecule is CCOC(=O)C(=O)c1ccc(C(C)F)c(Br)c1. The summed E-state index contributed by atoms with van der Waals surface area (Å²) < 4.78 is 18.2. The summed E-state index contributed by atoms with van der Waals surface area (Å²) in [7, 11) is 0. The molecule has 1 aromatic rings. The van der Waals surface area contributed by atoms with Gasteiger partial charge in [-0.25, -0.2) is 9.18 Å². The van der Waals surface area contributed by atoms with E-state index in [1.54, 1.807) is 6.92 Å². The first-order valence-corrected chi connectivity index (χ1v) is 5.91. The molecular weight excluding hydrogens is 291 g/mol. The van der Waals surface area contributed by atoms with Crippen LogP contribution in [0.15, 0.2) is 22.7 Å². The van der Waals surface area contributed by atoms with E-state index in [2.05, 4.69) is 20.7 Å². The Bertz CT molecular complexity index is 443. The summed E-state index contributed by atoms with van der Waals surface area (Å²) in [6, 6.07) is 4.31. The molecule has 0 saturated carbocycles. The average molecular weight is 303 g/mol. The van der Waals surface area contributed by atoms with Crippen molar-refractivity contribution in [2.45, 2.75) is 20.0 Å². The van der Waals surface area contributed by atoms with Crippen LogP contribution < -0.4 is 0 Å². The molecule has 0 N–H and O–H groups in total. The van der Waals surface area contributed by atoms with Crippen LogP contribution in [-0.2, 0) is 9.53 Å². The van der Waals surface area contributed by atoms with Gasteiger partial charge in [-0.1, -0.05) is 28.1 Å². The van der Waals surface area contributed by atoms with Gasteiger partial charge in [0.05, 0.1) is 6.61 Å². The van der Waals surface area contributed by atoms with Gasteiger partial charge in [-0.3, -0.25) is 4.79 Å². The number of ketones is 1. The van der Waals surface area contributed by atoms with Gasteiger partial charge in [-0.2, -0.15) is 0 Å². The third kappa shape index (κ3) is 3.36. The number of hydrogen-bond donors (Lipinski definition) is 0. The number of esters is 1. The van der Waals surface area contributed by atoms with E-state index in [1.807, 2.05) is 0 Å². The number of ether oxygens (including phenoxy) is 1. The van der Waals surface area contributed by atoms with Crippen LogP contribution in [0.5, 0.6) is 0 Å². The molecule has 1 unspecified atom stereocenters. The minimum absolute atomic E-state index is 0.144. The van der Waals surface area contributed by atoms with Crippen molar-refractivity contribution in [3.8, 4) is 0 Å². The maximum Gasteiger partial charge on any atom is 0.379 e. The van der Waals surface area contributed by atoms with E-state index in [1.165, 1.54) is 25.1 Å². The molecule has 0 aromatic heterocycles. The Morgan fingerprint density at radius 1 is 1.47 bits per heavy atom. The largest absolute Gasteiger partial charge is 0.460 e. The highest BCUT2D eigenvalue weighted by molar-refractivity contribution is 9.10. The first-order chi connectivity index (χ1) is 7.97. The predicted octanol–water partition coefficient (Wildman–Crippen LogP) is 3.23. The predicted molar refractivity (Wildman–Crippen MR) is 64.6 cm³/mol. The number of carbonyl (C=O) groups is 2. The molecule has 1 aromatic carbocycles. The van der Waals surface area contributed by atoms with Crippen LogP contribution in [0.3, 0.4) is 0 Å². The van der Waals surface area contributed by atoms with E-state index in [-0.39, 0.29) is 12.2 Å². The summed E-state index contributed by atoms with van der Waals surface area (Å²) in [4.78, 5) is 22.8. The molecule has 1 rings (SSSR count). The molecule has 0 spiro atoms. The molecule has 0 aliphatic heterocycles. The van der Waals surface area contributed by atoms with Gasteiger partial charge in [0.2, 0.25) is 0 Å².